The van der Waals surface area contributed by atoms with Crippen LogP contribution in [0.15, 0.2) is 24.3 Å². The van der Waals surface area contributed by atoms with E-state index in [9.17, 15) is 9.59 Å². The van der Waals surface area contributed by atoms with Crippen LogP contribution >= 0.6 is 0 Å². The van der Waals surface area contributed by atoms with Crippen LogP contribution in [0, 0.1) is 18.8 Å². The summed E-state index contributed by atoms with van der Waals surface area (Å²) in [6.45, 7) is 6.76. The molecule has 5 rings (SSSR count). The number of carbonyl (C=O) groups is 2. The molecule has 1 saturated heterocycles. The lowest BCUT2D eigenvalue weighted by Crippen LogP contribution is -2.23. The van der Waals surface area contributed by atoms with Gasteiger partial charge in [-0.3, -0.25) is 14.6 Å². The topological polar surface area (TPSA) is 97.6 Å². The van der Waals surface area contributed by atoms with Crippen molar-refractivity contribution in [3.8, 4) is 0 Å². The second-order valence-corrected chi connectivity index (χ2v) is 8.77. The number of carbonyl (C=O) groups excluding carboxylic acids is 2. The fourth-order valence-corrected chi connectivity index (χ4v) is 3.95. The molecule has 2 aromatic rings. The first-order chi connectivity index (χ1) is 14.9. The molecule has 7 heteroatoms. The number of aromatic nitrogens is 1. The Labute approximate surface area is 183 Å². The molecule has 0 unspecified atom stereocenters. The summed E-state index contributed by atoms with van der Waals surface area (Å²) >= 11 is 0. The number of primary amides is 1. The van der Waals surface area contributed by atoms with Crippen LogP contribution in [0.2, 0.25) is 0 Å². The van der Waals surface area contributed by atoms with Gasteiger partial charge in [-0.05, 0) is 70.2 Å². The molecule has 1 aliphatic heterocycles. The van der Waals surface area contributed by atoms with Gasteiger partial charge in [0.2, 0.25) is 11.8 Å². The van der Waals surface area contributed by atoms with Gasteiger partial charge in [-0.2, -0.15) is 0 Å². The lowest BCUT2D eigenvalue weighted by atomic mass is 10.1. The molecule has 7 nitrogen and oxygen atoms in total. The molecule has 3 fully saturated rings. The standard InChI is InChI=1S/C20H25N3O2.C4H7NO/c1-3-25-16-8-9-23(12-16)19-10-13(2)21-18-11-15(6-7-17(18)19)22-20(24)14-4-5-14;5-4(6)3-1-2-3/h6-7,10-11,14,16H,3-5,8-9,12H2,1-2H3,(H,22,24);3H,1-2H2,(H2,5,6)/t16-;/m0./s1. The van der Waals surface area contributed by atoms with E-state index in [0.29, 0.717) is 6.10 Å². The first-order valence-electron chi connectivity index (χ1n) is 11.3. The third-order valence-electron chi connectivity index (χ3n) is 6.00. The van der Waals surface area contributed by atoms with Gasteiger partial charge in [0.05, 0.1) is 11.6 Å². The van der Waals surface area contributed by atoms with Crippen LogP contribution in [0.1, 0.15) is 44.7 Å². The zero-order valence-electron chi connectivity index (χ0n) is 18.4. The number of hydrogen-bond donors (Lipinski definition) is 2. The quantitative estimate of drug-likeness (QED) is 0.741. The van der Waals surface area contributed by atoms with Gasteiger partial charge in [0, 0.05) is 54.0 Å². The number of pyridine rings is 1. The summed E-state index contributed by atoms with van der Waals surface area (Å²) in [6.07, 6.45) is 5.44. The van der Waals surface area contributed by atoms with E-state index >= 15 is 0 Å². The Morgan fingerprint density at radius 3 is 2.52 bits per heavy atom. The van der Waals surface area contributed by atoms with Crippen LogP contribution < -0.4 is 16.0 Å². The Bertz CT molecular complexity index is 969. The molecule has 1 aromatic carbocycles. The number of nitrogens with zero attached hydrogens (tertiary/aromatic N) is 2. The number of benzene rings is 1. The summed E-state index contributed by atoms with van der Waals surface area (Å²) in [5.41, 5.74) is 8.83. The number of fused-ring (bicyclic) bond motifs is 1. The second kappa shape index (κ2) is 9.22. The number of rotatable bonds is 6. The van der Waals surface area contributed by atoms with Gasteiger partial charge in [0.1, 0.15) is 0 Å². The zero-order valence-corrected chi connectivity index (χ0v) is 18.4. The van der Waals surface area contributed by atoms with Crippen molar-refractivity contribution in [2.24, 2.45) is 17.6 Å². The monoisotopic (exact) mass is 424 g/mol. The highest BCUT2D eigenvalue weighted by molar-refractivity contribution is 5.98. The highest BCUT2D eigenvalue weighted by Crippen LogP contribution is 2.33. The maximum absolute atomic E-state index is 12.0. The summed E-state index contributed by atoms with van der Waals surface area (Å²) in [6, 6.07) is 8.20. The SMILES string of the molecule is CCO[C@H]1CCN(c2cc(C)nc3cc(NC(=O)C4CC4)ccc23)C1.NC(=O)C1CC1. The van der Waals surface area contributed by atoms with Crippen molar-refractivity contribution >= 4 is 34.1 Å². The van der Waals surface area contributed by atoms with E-state index in [1.54, 1.807) is 0 Å². The van der Waals surface area contributed by atoms with Crippen LogP contribution in [0.25, 0.3) is 10.9 Å². The predicted octanol–water partition coefficient (Wildman–Crippen LogP) is 3.39. The second-order valence-electron chi connectivity index (χ2n) is 8.77. The van der Waals surface area contributed by atoms with Crippen molar-refractivity contribution in [1.82, 2.24) is 4.98 Å². The van der Waals surface area contributed by atoms with Gasteiger partial charge < -0.3 is 20.7 Å². The fraction of sp³-hybridized carbons (Fsp3) is 0.542. The molecule has 2 saturated carbocycles. The Kier molecular flexibility index (Phi) is 6.41. The van der Waals surface area contributed by atoms with Gasteiger partial charge in [-0.15, -0.1) is 0 Å². The number of nitrogens with one attached hydrogen (secondary N) is 1. The van der Waals surface area contributed by atoms with E-state index in [1.165, 1.54) is 5.69 Å². The third kappa shape index (κ3) is 5.53. The minimum Gasteiger partial charge on any atom is -0.377 e. The molecule has 2 aliphatic carbocycles. The number of amides is 2. The summed E-state index contributed by atoms with van der Waals surface area (Å²) in [7, 11) is 0. The van der Waals surface area contributed by atoms with Crippen molar-refractivity contribution in [3.05, 3.63) is 30.0 Å². The summed E-state index contributed by atoms with van der Waals surface area (Å²) < 4.78 is 5.78. The Hall–Kier alpha value is -2.67. The van der Waals surface area contributed by atoms with Gasteiger partial charge in [0.15, 0.2) is 0 Å². The van der Waals surface area contributed by atoms with Crippen molar-refractivity contribution in [2.45, 2.75) is 52.1 Å². The molecule has 0 radical (unpaired) electrons. The lowest BCUT2D eigenvalue weighted by molar-refractivity contribution is -0.119. The smallest absolute Gasteiger partial charge is 0.227 e. The van der Waals surface area contributed by atoms with E-state index in [-0.39, 0.29) is 23.7 Å². The van der Waals surface area contributed by atoms with Crippen LogP contribution in [0.4, 0.5) is 11.4 Å². The lowest BCUT2D eigenvalue weighted by Gasteiger charge is -2.21. The maximum Gasteiger partial charge on any atom is 0.227 e. The largest absolute Gasteiger partial charge is 0.377 e. The van der Waals surface area contributed by atoms with E-state index in [1.807, 2.05) is 26.0 Å². The molecule has 2 heterocycles. The van der Waals surface area contributed by atoms with E-state index in [2.05, 4.69) is 27.3 Å². The van der Waals surface area contributed by atoms with Crippen molar-refractivity contribution < 1.29 is 14.3 Å². The first-order valence-corrected chi connectivity index (χ1v) is 11.3. The Morgan fingerprint density at radius 1 is 1.16 bits per heavy atom. The van der Waals surface area contributed by atoms with Gasteiger partial charge in [0.25, 0.3) is 0 Å². The van der Waals surface area contributed by atoms with Crippen LogP contribution in [-0.2, 0) is 14.3 Å². The van der Waals surface area contributed by atoms with Crippen molar-refractivity contribution in [1.29, 1.82) is 0 Å². The number of ether oxygens (including phenoxy) is 1. The highest BCUT2D eigenvalue weighted by Gasteiger charge is 2.30. The van der Waals surface area contributed by atoms with Crippen LogP contribution in [-0.4, -0.2) is 42.6 Å². The van der Waals surface area contributed by atoms with Gasteiger partial charge >= 0.3 is 0 Å². The number of hydrogen-bond acceptors (Lipinski definition) is 5. The van der Waals surface area contributed by atoms with Crippen molar-refractivity contribution in [2.75, 3.05) is 29.9 Å². The minimum absolute atomic E-state index is 0.130. The summed E-state index contributed by atoms with van der Waals surface area (Å²) in [5.74, 6) is 0.447. The van der Waals surface area contributed by atoms with Crippen LogP contribution in [0.3, 0.4) is 0 Å². The van der Waals surface area contributed by atoms with Gasteiger partial charge in [-0.25, -0.2) is 0 Å². The molecule has 166 valence electrons. The molecule has 31 heavy (non-hydrogen) atoms. The van der Waals surface area contributed by atoms with E-state index < -0.39 is 0 Å². The van der Waals surface area contributed by atoms with E-state index in [4.69, 9.17) is 10.5 Å². The van der Waals surface area contributed by atoms with Gasteiger partial charge in [-0.1, -0.05) is 0 Å². The Morgan fingerprint density at radius 2 is 1.90 bits per heavy atom. The molecule has 1 atom stereocenters. The fourth-order valence-electron chi connectivity index (χ4n) is 3.95. The highest BCUT2D eigenvalue weighted by atomic mass is 16.5. The molecule has 3 N–H and O–H groups in total. The average molecular weight is 425 g/mol. The number of aryl methyl sites for hydroxylation is 1. The molecule has 1 aromatic heterocycles. The predicted molar refractivity (Wildman–Crippen MR) is 122 cm³/mol. The maximum atomic E-state index is 12.0. The van der Waals surface area contributed by atoms with E-state index in [0.717, 1.165) is 74.1 Å². The molecule has 0 bridgehead atoms. The summed E-state index contributed by atoms with van der Waals surface area (Å²) in [5, 5.41) is 4.15. The Balaban J connectivity index is 0.000000334. The zero-order chi connectivity index (χ0) is 22.0. The normalized spacial score (nSPS) is 20.3. The average Bonchev–Trinajstić information content (AvgIpc) is 3.65. The molecule has 2 amide bonds. The minimum atomic E-state index is -0.130. The number of anilines is 2. The molecular weight excluding hydrogens is 392 g/mol. The first kappa shape index (κ1) is 21.6. The molecular formula is C24H32N4O3. The van der Waals surface area contributed by atoms with Crippen molar-refractivity contribution in [3.63, 3.8) is 0 Å². The third-order valence-corrected chi connectivity index (χ3v) is 6.00. The molecule has 3 aliphatic rings. The number of nitrogens with two attached hydrogens (primary N) is 1. The molecule has 0 spiro atoms. The van der Waals surface area contributed by atoms with Crippen LogP contribution in [0.5, 0.6) is 0 Å². The summed E-state index contributed by atoms with van der Waals surface area (Å²) in [4.78, 5) is 29.1.